The van der Waals surface area contributed by atoms with E-state index in [4.69, 9.17) is 9.47 Å². The van der Waals surface area contributed by atoms with Gasteiger partial charge in [-0.1, -0.05) is 17.7 Å². The Hall–Kier alpha value is -3.88. The van der Waals surface area contributed by atoms with Crippen molar-refractivity contribution in [3.8, 4) is 11.5 Å². The largest absolute Gasteiger partial charge is 0.490 e. The predicted molar refractivity (Wildman–Crippen MR) is 136 cm³/mol. The maximum Gasteiger partial charge on any atom is 0.244 e. The first-order valence-corrected chi connectivity index (χ1v) is 12.9. The Morgan fingerprint density at radius 1 is 1.05 bits per heavy atom. The number of ether oxygens (including phenoxy) is 2. The van der Waals surface area contributed by atoms with Crippen LogP contribution in [-0.4, -0.2) is 56.8 Å². The summed E-state index contributed by atoms with van der Waals surface area (Å²) >= 11 is 0. The molecule has 0 bridgehead atoms. The van der Waals surface area contributed by atoms with Crippen molar-refractivity contribution in [3.05, 3.63) is 66.7 Å². The number of pyridine rings is 1. The molecule has 192 valence electrons. The molecule has 1 atom stereocenters. The molecule has 2 amide bonds. The smallest absolute Gasteiger partial charge is 0.244 e. The van der Waals surface area contributed by atoms with Crippen LogP contribution in [-0.2, 0) is 16.1 Å². The molecule has 1 unspecified atom stereocenters. The van der Waals surface area contributed by atoms with E-state index in [2.05, 4.69) is 34.5 Å². The van der Waals surface area contributed by atoms with Crippen molar-refractivity contribution in [2.75, 3.05) is 18.4 Å². The van der Waals surface area contributed by atoms with Gasteiger partial charge in [0.25, 0.3) is 0 Å². The molecule has 3 heterocycles. The van der Waals surface area contributed by atoms with Crippen LogP contribution in [0.25, 0.3) is 0 Å². The standard InChI is InChI=1S/C28H31N5O4/c1-19-2-4-22(5-3-19)37-25-6-9-28(25)17-32(18-28)26(34)16-33-15-21(14-30-33)31-27(35)20-12-24(13-20)36-23-7-10-29-11-8-23/h2-5,7-8,10-11,14-15,20,24-25H,6,9,12-13,16-18H2,1H3,(H,31,35). The molecule has 1 saturated heterocycles. The van der Waals surface area contributed by atoms with Crippen molar-refractivity contribution >= 4 is 17.5 Å². The van der Waals surface area contributed by atoms with E-state index < -0.39 is 0 Å². The first kappa shape index (κ1) is 23.5. The number of carbonyl (C=O) groups excluding carboxylic acids is 2. The Morgan fingerprint density at radius 3 is 2.49 bits per heavy atom. The van der Waals surface area contributed by atoms with E-state index >= 15 is 0 Å². The summed E-state index contributed by atoms with van der Waals surface area (Å²) in [5, 5.41) is 7.19. The van der Waals surface area contributed by atoms with Crippen LogP contribution < -0.4 is 14.8 Å². The van der Waals surface area contributed by atoms with Crippen LogP contribution in [0, 0.1) is 18.3 Å². The molecule has 2 aliphatic carbocycles. The fourth-order valence-electron chi connectivity index (χ4n) is 5.37. The number of nitrogens with zero attached hydrogens (tertiary/aromatic N) is 4. The third kappa shape index (κ3) is 4.90. The summed E-state index contributed by atoms with van der Waals surface area (Å²) in [5.74, 6) is 1.55. The Labute approximate surface area is 215 Å². The minimum atomic E-state index is -0.0911. The van der Waals surface area contributed by atoms with Gasteiger partial charge in [0.1, 0.15) is 30.3 Å². The zero-order chi connectivity index (χ0) is 25.4. The average molecular weight is 502 g/mol. The van der Waals surface area contributed by atoms with Gasteiger partial charge in [-0.05, 0) is 56.9 Å². The minimum absolute atomic E-state index is 0.0303. The molecular weight excluding hydrogens is 470 g/mol. The lowest BCUT2D eigenvalue weighted by atomic mass is 9.61. The zero-order valence-corrected chi connectivity index (χ0v) is 20.9. The van der Waals surface area contributed by atoms with E-state index in [1.165, 1.54) is 5.56 Å². The average Bonchev–Trinajstić information content (AvgIpc) is 3.26. The first-order valence-electron chi connectivity index (χ1n) is 12.9. The van der Waals surface area contributed by atoms with Gasteiger partial charge < -0.3 is 19.7 Å². The maximum absolute atomic E-state index is 12.8. The van der Waals surface area contributed by atoms with Gasteiger partial charge in [-0.15, -0.1) is 0 Å². The zero-order valence-electron chi connectivity index (χ0n) is 20.9. The summed E-state index contributed by atoms with van der Waals surface area (Å²) < 4.78 is 13.6. The highest BCUT2D eigenvalue weighted by Crippen LogP contribution is 2.50. The van der Waals surface area contributed by atoms with Gasteiger partial charge in [-0.25, -0.2) is 0 Å². The number of likely N-dealkylation sites (tertiary alicyclic amines) is 1. The Kier molecular flexibility index (Phi) is 6.06. The lowest BCUT2D eigenvalue weighted by molar-refractivity contribution is -0.171. The molecule has 3 fully saturated rings. The molecule has 3 aromatic rings. The molecule has 9 heteroatoms. The van der Waals surface area contributed by atoms with Crippen molar-refractivity contribution in [1.29, 1.82) is 0 Å². The number of rotatable bonds is 8. The quantitative estimate of drug-likeness (QED) is 0.508. The second kappa shape index (κ2) is 9.53. The van der Waals surface area contributed by atoms with E-state index in [1.807, 2.05) is 29.2 Å². The normalized spacial score (nSPS) is 23.4. The van der Waals surface area contributed by atoms with Crippen molar-refractivity contribution < 1.29 is 19.1 Å². The number of hydrogen-bond donors (Lipinski definition) is 1. The minimum Gasteiger partial charge on any atom is -0.490 e. The summed E-state index contributed by atoms with van der Waals surface area (Å²) in [7, 11) is 0. The summed E-state index contributed by atoms with van der Waals surface area (Å²) in [6, 6.07) is 11.8. The highest BCUT2D eigenvalue weighted by molar-refractivity contribution is 5.93. The number of carbonyl (C=O) groups is 2. The van der Waals surface area contributed by atoms with E-state index in [0.717, 1.165) is 37.4 Å². The number of aryl methyl sites for hydroxylation is 1. The highest BCUT2D eigenvalue weighted by Gasteiger charge is 2.57. The third-order valence-electron chi connectivity index (χ3n) is 7.87. The van der Waals surface area contributed by atoms with Gasteiger partial charge in [0.15, 0.2) is 0 Å². The summed E-state index contributed by atoms with van der Waals surface area (Å²) in [6.07, 6.45) is 10.3. The summed E-state index contributed by atoms with van der Waals surface area (Å²) in [6.45, 7) is 3.65. The molecule has 37 heavy (non-hydrogen) atoms. The number of aromatic nitrogens is 3. The molecule has 3 aliphatic rings. The van der Waals surface area contributed by atoms with Crippen molar-refractivity contribution in [2.45, 2.75) is 51.4 Å². The molecule has 9 nitrogen and oxygen atoms in total. The van der Waals surface area contributed by atoms with Crippen LogP contribution in [0.5, 0.6) is 11.5 Å². The molecule has 6 rings (SSSR count). The summed E-state index contributed by atoms with van der Waals surface area (Å²) in [5.41, 5.74) is 1.88. The van der Waals surface area contributed by atoms with Gasteiger partial charge >= 0.3 is 0 Å². The molecule has 1 N–H and O–H groups in total. The molecular formula is C28H31N5O4. The van der Waals surface area contributed by atoms with E-state index in [0.29, 0.717) is 18.5 Å². The monoisotopic (exact) mass is 501 g/mol. The van der Waals surface area contributed by atoms with E-state index in [-0.39, 0.29) is 41.9 Å². The van der Waals surface area contributed by atoms with Crippen LogP contribution in [0.3, 0.4) is 0 Å². The maximum atomic E-state index is 12.8. The van der Waals surface area contributed by atoms with Gasteiger partial charge in [-0.3, -0.25) is 19.3 Å². The first-order chi connectivity index (χ1) is 18.0. The van der Waals surface area contributed by atoms with Crippen LogP contribution in [0.2, 0.25) is 0 Å². The van der Waals surface area contributed by atoms with Crippen molar-refractivity contribution in [2.24, 2.45) is 11.3 Å². The van der Waals surface area contributed by atoms with Gasteiger partial charge in [-0.2, -0.15) is 5.10 Å². The van der Waals surface area contributed by atoms with Crippen molar-refractivity contribution in [3.63, 3.8) is 0 Å². The van der Waals surface area contributed by atoms with Gasteiger partial charge in [0, 0.05) is 43.0 Å². The molecule has 1 spiro atoms. The number of anilines is 1. The van der Waals surface area contributed by atoms with E-state index in [1.54, 1.807) is 29.5 Å². The molecule has 2 aromatic heterocycles. The lowest BCUT2D eigenvalue weighted by Crippen LogP contribution is -2.69. The van der Waals surface area contributed by atoms with Crippen molar-refractivity contribution in [1.82, 2.24) is 19.7 Å². The SMILES string of the molecule is Cc1ccc(OC2CCC23CN(C(=O)Cn2cc(NC(=O)C4CC(Oc5ccncc5)C4)cn2)C3)cc1. The highest BCUT2D eigenvalue weighted by atomic mass is 16.5. The second-order valence-electron chi connectivity index (χ2n) is 10.6. The predicted octanol–water partition coefficient (Wildman–Crippen LogP) is 3.45. The third-order valence-corrected chi connectivity index (χ3v) is 7.87. The molecule has 1 aromatic carbocycles. The number of benzene rings is 1. The van der Waals surface area contributed by atoms with Gasteiger partial charge in [0.2, 0.25) is 11.8 Å². The van der Waals surface area contributed by atoms with Gasteiger partial charge in [0.05, 0.1) is 11.9 Å². The molecule has 1 aliphatic heterocycles. The molecule has 0 radical (unpaired) electrons. The fraction of sp³-hybridized carbons (Fsp3) is 0.429. The number of amides is 2. The van der Waals surface area contributed by atoms with E-state index in [9.17, 15) is 9.59 Å². The Morgan fingerprint density at radius 2 is 1.78 bits per heavy atom. The number of nitrogens with one attached hydrogen (secondary N) is 1. The number of hydrogen-bond acceptors (Lipinski definition) is 6. The van der Waals surface area contributed by atoms with Crippen LogP contribution >= 0.6 is 0 Å². The molecule has 2 saturated carbocycles. The Balaban J connectivity index is 0.936. The second-order valence-corrected chi connectivity index (χ2v) is 10.6. The Bertz CT molecular complexity index is 1260. The van der Waals surface area contributed by atoms with Crippen LogP contribution in [0.1, 0.15) is 31.2 Å². The fourth-order valence-corrected chi connectivity index (χ4v) is 5.37. The van der Waals surface area contributed by atoms with Crippen LogP contribution in [0.4, 0.5) is 5.69 Å². The van der Waals surface area contributed by atoms with Crippen LogP contribution in [0.15, 0.2) is 61.2 Å². The summed E-state index contributed by atoms with van der Waals surface area (Å²) in [4.78, 5) is 31.3. The lowest BCUT2D eigenvalue weighted by Gasteiger charge is -2.59. The topological polar surface area (TPSA) is 98.6 Å².